The van der Waals surface area contributed by atoms with Crippen molar-refractivity contribution in [1.82, 2.24) is 9.80 Å². The molecular formula is C20H19ClN2O5S. The van der Waals surface area contributed by atoms with E-state index in [9.17, 15) is 24.3 Å². The zero-order valence-electron chi connectivity index (χ0n) is 15.4. The quantitative estimate of drug-likeness (QED) is 0.714. The number of piperidine rings is 1. The van der Waals surface area contributed by atoms with Gasteiger partial charge < -0.3 is 10.0 Å². The van der Waals surface area contributed by atoms with E-state index >= 15 is 0 Å². The molecule has 1 aromatic rings. The van der Waals surface area contributed by atoms with Gasteiger partial charge in [-0.1, -0.05) is 41.9 Å². The Balaban J connectivity index is 1.71. The Labute approximate surface area is 177 Å². The van der Waals surface area contributed by atoms with Crippen LogP contribution in [0.4, 0.5) is 4.79 Å². The Morgan fingerprint density at radius 1 is 1.21 bits per heavy atom. The highest BCUT2D eigenvalue weighted by atomic mass is 35.5. The number of thioether (sulfide) groups is 1. The fourth-order valence-corrected chi connectivity index (χ4v) is 4.35. The number of likely N-dealkylation sites (tertiary alicyclic amines) is 1. The van der Waals surface area contributed by atoms with Gasteiger partial charge in [-0.2, -0.15) is 0 Å². The molecule has 1 aromatic carbocycles. The van der Waals surface area contributed by atoms with Gasteiger partial charge in [-0.05, 0) is 48.7 Å². The summed E-state index contributed by atoms with van der Waals surface area (Å²) in [5.74, 6) is -2.24. The third-order valence-corrected chi connectivity index (χ3v) is 5.77. The highest BCUT2D eigenvalue weighted by molar-refractivity contribution is 8.18. The van der Waals surface area contributed by atoms with E-state index in [0.29, 0.717) is 31.1 Å². The average Bonchev–Trinajstić information content (AvgIpc) is 2.95. The van der Waals surface area contributed by atoms with Crippen molar-refractivity contribution in [3.8, 4) is 0 Å². The number of allylic oxidation sites excluding steroid dienone is 2. The first-order valence-corrected chi connectivity index (χ1v) is 10.3. The average molecular weight is 435 g/mol. The van der Waals surface area contributed by atoms with Crippen LogP contribution in [-0.2, 0) is 14.4 Å². The summed E-state index contributed by atoms with van der Waals surface area (Å²) in [4.78, 5) is 51.0. The molecule has 3 rings (SSSR count). The SMILES string of the molecule is O=C(O)C1CCCCN1C(=O)CN1C(=O)SC(=CC(Cl)=Cc2ccccc2)C1=O. The normalized spacial score (nSPS) is 21.8. The molecule has 0 bridgehead atoms. The van der Waals surface area contributed by atoms with Crippen molar-refractivity contribution in [3.05, 3.63) is 51.9 Å². The lowest BCUT2D eigenvalue weighted by Gasteiger charge is -2.33. The minimum atomic E-state index is -1.08. The van der Waals surface area contributed by atoms with Crippen molar-refractivity contribution in [3.63, 3.8) is 0 Å². The highest BCUT2D eigenvalue weighted by Crippen LogP contribution is 2.32. The lowest BCUT2D eigenvalue weighted by Crippen LogP contribution is -2.51. The van der Waals surface area contributed by atoms with Gasteiger partial charge in [0, 0.05) is 11.6 Å². The molecule has 29 heavy (non-hydrogen) atoms. The lowest BCUT2D eigenvalue weighted by atomic mass is 10.0. The van der Waals surface area contributed by atoms with Crippen LogP contribution in [0.2, 0.25) is 0 Å². The van der Waals surface area contributed by atoms with E-state index < -0.39 is 35.6 Å². The van der Waals surface area contributed by atoms with Crippen LogP contribution >= 0.6 is 23.4 Å². The molecule has 9 heteroatoms. The number of hydrogen-bond acceptors (Lipinski definition) is 5. The second-order valence-corrected chi connectivity index (χ2v) is 8.07. The van der Waals surface area contributed by atoms with Crippen LogP contribution in [-0.4, -0.2) is 57.1 Å². The van der Waals surface area contributed by atoms with Crippen molar-refractivity contribution < 1.29 is 24.3 Å². The van der Waals surface area contributed by atoms with E-state index in [2.05, 4.69) is 0 Å². The third kappa shape index (κ3) is 5.07. The molecule has 2 saturated heterocycles. The molecule has 2 fully saturated rings. The van der Waals surface area contributed by atoms with E-state index in [0.717, 1.165) is 16.9 Å². The smallest absolute Gasteiger partial charge is 0.326 e. The van der Waals surface area contributed by atoms with Crippen LogP contribution < -0.4 is 0 Å². The number of rotatable bonds is 5. The van der Waals surface area contributed by atoms with Gasteiger partial charge in [0.1, 0.15) is 12.6 Å². The minimum absolute atomic E-state index is 0.119. The summed E-state index contributed by atoms with van der Waals surface area (Å²) in [5.41, 5.74) is 0.841. The van der Waals surface area contributed by atoms with Crippen LogP contribution in [0.3, 0.4) is 0 Å². The number of carbonyl (C=O) groups excluding carboxylic acids is 3. The Morgan fingerprint density at radius 2 is 1.93 bits per heavy atom. The molecule has 0 aliphatic carbocycles. The summed E-state index contributed by atoms with van der Waals surface area (Å²) in [7, 11) is 0. The Kier molecular flexibility index (Phi) is 6.76. The van der Waals surface area contributed by atoms with Gasteiger partial charge >= 0.3 is 5.97 Å². The maximum atomic E-state index is 12.6. The van der Waals surface area contributed by atoms with Gasteiger partial charge in [0.15, 0.2) is 0 Å². The summed E-state index contributed by atoms with van der Waals surface area (Å²) in [6.07, 6.45) is 4.83. The van der Waals surface area contributed by atoms with Crippen LogP contribution in [0.25, 0.3) is 6.08 Å². The molecule has 0 aromatic heterocycles. The first-order valence-electron chi connectivity index (χ1n) is 9.06. The molecule has 2 heterocycles. The van der Waals surface area contributed by atoms with E-state index in [1.54, 1.807) is 6.08 Å². The van der Waals surface area contributed by atoms with Gasteiger partial charge in [-0.3, -0.25) is 19.3 Å². The van der Waals surface area contributed by atoms with Crippen molar-refractivity contribution in [2.24, 2.45) is 0 Å². The predicted molar refractivity (Wildman–Crippen MR) is 110 cm³/mol. The summed E-state index contributed by atoms with van der Waals surface area (Å²) in [6.45, 7) is -0.181. The number of nitrogens with zero attached hydrogens (tertiary/aromatic N) is 2. The number of carboxylic acids is 1. The number of carbonyl (C=O) groups is 4. The second kappa shape index (κ2) is 9.28. The zero-order chi connectivity index (χ0) is 21.0. The van der Waals surface area contributed by atoms with E-state index in [1.165, 1.54) is 11.0 Å². The number of amides is 3. The molecule has 0 radical (unpaired) electrons. The monoisotopic (exact) mass is 434 g/mol. The topological polar surface area (TPSA) is 95.0 Å². The van der Waals surface area contributed by atoms with Crippen molar-refractivity contribution >= 4 is 52.5 Å². The standard InChI is InChI=1S/C20H19ClN2O5S/c21-14(10-13-6-2-1-3-7-13)11-16-18(25)23(20(28)29-16)12-17(24)22-9-5-4-8-15(22)19(26)27/h1-3,6-7,10-11,15H,4-5,8-9,12H2,(H,26,27). The molecular weight excluding hydrogens is 416 g/mol. The first-order chi connectivity index (χ1) is 13.9. The van der Waals surface area contributed by atoms with E-state index in [1.807, 2.05) is 30.3 Å². The first kappa shape index (κ1) is 21.1. The Bertz CT molecular complexity index is 899. The van der Waals surface area contributed by atoms with E-state index in [-0.39, 0.29) is 9.94 Å². The molecule has 152 valence electrons. The largest absolute Gasteiger partial charge is 0.480 e. The van der Waals surface area contributed by atoms with Crippen LogP contribution in [0.1, 0.15) is 24.8 Å². The van der Waals surface area contributed by atoms with E-state index in [4.69, 9.17) is 11.6 Å². The molecule has 1 N–H and O–H groups in total. The summed E-state index contributed by atoms with van der Waals surface area (Å²) < 4.78 is 0. The lowest BCUT2D eigenvalue weighted by molar-refractivity contribution is -0.152. The summed E-state index contributed by atoms with van der Waals surface area (Å²) >= 11 is 6.89. The maximum absolute atomic E-state index is 12.6. The van der Waals surface area contributed by atoms with Gasteiger partial charge in [-0.25, -0.2) is 4.79 Å². The van der Waals surface area contributed by atoms with Crippen LogP contribution in [0.15, 0.2) is 46.3 Å². The van der Waals surface area contributed by atoms with Crippen molar-refractivity contribution in [2.75, 3.05) is 13.1 Å². The van der Waals surface area contributed by atoms with Crippen molar-refractivity contribution in [2.45, 2.75) is 25.3 Å². The van der Waals surface area contributed by atoms with Gasteiger partial charge in [0.25, 0.3) is 11.1 Å². The molecule has 1 unspecified atom stereocenters. The number of benzene rings is 1. The molecule has 1 atom stereocenters. The molecule has 2 aliphatic rings. The summed E-state index contributed by atoms with van der Waals surface area (Å²) in [5, 5.41) is 9.00. The number of imide groups is 1. The number of halogens is 1. The Hall–Kier alpha value is -2.58. The maximum Gasteiger partial charge on any atom is 0.326 e. The summed E-state index contributed by atoms with van der Waals surface area (Å²) in [6, 6.07) is 8.33. The highest BCUT2D eigenvalue weighted by Gasteiger charge is 2.39. The predicted octanol–water partition coefficient (Wildman–Crippen LogP) is 3.31. The van der Waals surface area contributed by atoms with Gasteiger partial charge in [-0.15, -0.1) is 0 Å². The van der Waals surface area contributed by atoms with Crippen LogP contribution in [0.5, 0.6) is 0 Å². The molecule has 3 amide bonds. The van der Waals surface area contributed by atoms with Crippen molar-refractivity contribution in [1.29, 1.82) is 0 Å². The molecule has 2 aliphatic heterocycles. The number of aliphatic carboxylic acids is 1. The fourth-order valence-electron chi connectivity index (χ4n) is 3.22. The zero-order valence-corrected chi connectivity index (χ0v) is 17.0. The van der Waals surface area contributed by atoms with Gasteiger partial charge in [0.2, 0.25) is 5.91 Å². The number of hydrogen-bond donors (Lipinski definition) is 1. The molecule has 0 saturated carbocycles. The van der Waals surface area contributed by atoms with Gasteiger partial charge in [0.05, 0.1) is 4.91 Å². The Morgan fingerprint density at radius 3 is 2.62 bits per heavy atom. The number of carboxylic acid groups (broad SMARTS) is 1. The minimum Gasteiger partial charge on any atom is -0.480 e. The molecule has 0 spiro atoms. The molecule has 7 nitrogen and oxygen atoms in total. The fraction of sp³-hybridized carbons (Fsp3) is 0.300. The second-order valence-electron chi connectivity index (χ2n) is 6.64. The third-order valence-electron chi connectivity index (χ3n) is 4.65. The van der Waals surface area contributed by atoms with Crippen LogP contribution in [0, 0.1) is 0 Å².